The Morgan fingerprint density at radius 2 is 1.56 bits per heavy atom. The Morgan fingerprint density at radius 1 is 0.920 bits per heavy atom. The van der Waals surface area contributed by atoms with Gasteiger partial charge >= 0.3 is 0 Å². The van der Waals surface area contributed by atoms with Gasteiger partial charge in [0, 0.05) is 25.7 Å². The van der Waals surface area contributed by atoms with Gasteiger partial charge in [-0.3, -0.25) is 0 Å². The second-order valence-electron chi connectivity index (χ2n) is 5.56. The van der Waals surface area contributed by atoms with E-state index in [1.807, 2.05) is 24.3 Å². The van der Waals surface area contributed by atoms with Crippen molar-refractivity contribution in [1.29, 1.82) is 0 Å². The van der Waals surface area contributed by atoms with E-state index in [9.17, 15) is 0 Å². The third-order valence-corrected chi connectivity index (χ3v) is 3.71. The van der Waals surface area contributed by atoms with Crippen molar-refractivity contribution in [1.82, 2.24) is 9.80 Å². The molecule has 2 aromatic rings. The summed E-state index contributed by atoms with van der Waals surface area (Å²) < 4.78 is 10.3. The maximum atomic E-state index is 5.16. The summed E-state index contributed by atoms with van der Waals surface area (Å²) >= 11 is 0. The summed E-state index contributed by atoms with van der Waals surface area (Å²) in [6.45, 7) is 4.66. The van der Waals surface area contributed by atoms with Crippen LogP contribution in [0, 0.1) is 0 Å². The molecule has 0 radical (unpaired) electrons. The number of rotatable bonds is 6. The third kappa shape index (κ3) is 5.17. The molecular formula is C17H20N6O2. The molecule has 25 heavy (non-hydrogen) atoms. The van der Waals surface area contributed by atoms with E-state index in [0.29, 0.717) is 17.6 Å². The Labute approximate surface area is 145 Å². The van der Waals surface area contributed by atoms with Gasteiger partial charge in [0.25, 0.3) is 0 Å². The first-order chi connectivity index (χ1) is 12.3. The molecule has 0 aromatic carbocycles. The number of hydrogen-bond acceptors (Lipinski definition) is 6. The van der Waals surface area contributed by atoms with Crippen LogP contribution in [0.5, 0.6) is 0 Å². The molecule has 0 amide bonds. The minimum Gasteiger partial charge on any atom is -0.463 e. The van der Waals surface area contributed by atoms with Crippen LogP contribution in [0.4, 0.5) is 0 Å². The summed E-state index contributed by atoms with van der Waals surface area (Å²) in [7, 11) is 0. The van der Waals surface area contributed by atoms with Crippen LogP contribution < -0.4 is 0 Å². The van der Waals surface area contributed by atoms with Crippen molar-refractivity contribution < 1.29 is 8.83 Å². The van der Waals surface area contributed by atoms with E-state index in [1.165, 1.54) is 0 Å². The molecule has 0 N–H and O–H groups in total. The zero-order chi connectivity index (χ0) is 17.3. The molecule has 3 heterocycles. The maximum absolute atomic E-state index is 5.16. The molecule has 0 spiro atoms. The molecule has 1 aliphatic rings. The van der Waals surface area contributed by atoms with E-state index >= 15 is 0 Å². The summed E-state index contributed by atoms with van der Waals surface area (Å²) in [5.41, 5.74) is 0. The van der Waals surface area contributed by atoms with Crippen LogP contribution in [0.3, 0.4) is 0 Å². The molecule has 8 nitrogen and oxygen atoms in total. The summed E-state index contributed by atoms with van der Waals surface area (Å²) in [5, 5.41) is 16.1. The first-order valence-corrected chi connectivity index (χ1v) is 8.01. The average Bonchev–Trinajstić information content (AvgIpc) is 3.31. The maximum Gasteiger partial charge on any atom is 0.146 e. The van der Waals surface area contributed by atoms with E-state index in [-0.39, 0.29) is 0 Å². The highest BCUT2D eigenvalue weighted by atomic mass is 16.3. The van der Waals surface area contributed by atoms with Crippen molar-refractivity contribution in [2.75, 3.05) is 19.6 Å². The summed E-state index contributed by atoms with van der Waals surface area (Å²) in [4.78, 5) is 4.27. The van der Waals surface area contributed by atoms with Crippen LogP contribution in [0.1, 0.15) is 18.4 Å². The molecule has 1 saturated heterocycles. The Morgan fingerprint density at radius 3 is 2.12 bits per heavy atom. The van der Waals surface area contributed by atoms with Gasteiger partial charge in [-0.05, 0) is 31.2 Å². The van der Waals surface area contributed by atoms with Gasteiger partial charge in [0.05, 0.1) is 25.0 Å². The predicted molar refractivity (Wildman–Crippen MR) is 97.3 cm³/mol. The molecule has 1 aliphatic heterocycles. The zero-order valence-corrected chi connectivity index (χ0v) is 14.0. The Kier molecular flexibility index (Phi) is 5.76. The van der Waals surface area contributed by atoms with Crippen LogP contribution in [-0.4, -0.2) is 60.6 Å². The standard InChI is InChI=1S/C17H20N6O2/c1-15-12-22(13-20-18-10-16-4-2-8-24-16)6-7-23(15)14-21-19-11-17-5-3-9-25-17/h2-5,8-11,13-15H,6-7,12H2,1H3/b18-10+,19-11-,20-13+,21-14+/t15-/m1/s1. The lowest BCUT2D eigenvalue weighted by Gasteiger charge is -2.37. The SMILES string of the molecule is C[C@@H]1CN(/C=N/N=C/c2ccco2)CCN1/C=N/N=C\c1ccco1. The fourth-order valence-corrected chi connectivity index (χ4v) is 2.39. The van der Waals surface area contributed by atoms with Crippen LogP contribution in [0.2, 0.25) is 0 Å². The molecule has 0 unspecified atom stereocenters. The molecule has 0 aliphatic carbocycles. The topological polar surface area (TPSA) is 82.2 Å². The molecule has 3 rings (SSSR count). The highest BCUT2D eigenvalue weighted by molar-refractivity contribution is 5.76. The quantitative estimate of drug-likeness (QED) is 0.459. The van der Waals surface area contributed by atoms with Crippen molar-refractivity contribution in [2.45, 2.75) is 13.0 Å². The normalized spacial score (nSPS) is 19.3. The lowest BCUT2D eigenvalue weighted by atomic mass is 10.2. The fraction of sp³-hybridized carbons (Fsp3) is 0.294. The zero-order valence-electron chi connectivity index (χ0n) is 14.0. The number of nitrogens with zero attached hydrogens (tertiary/aromatic N) is 6. The van der Waals surface area contributed by atoms with Crippen molar-refractivity contribution in [2.24, 2.45) is 20.4 Å². The van der Waals surface area contributed by atoms with Crippen molar-refractivity contribution in [3.8, 4) is 0 Å². The van der Waals surface area contributed by atoms with Gasteiger partial charge in [0.1, 0.15) is 24.2 Å². The summed E-state index contributed by atoms with van der Waals surface area (Å²) in [6, 6.07) is 7.58. The van der Waals surface area contributed by atoms with E-state index in [4.69, 9.17) is 8.83 Å². The monoisotopic (exact) mass is 340 g/mol. The van der Waals surface area contributed by atoms with E-state index < -0.39 is 0 Å². The lowest BCUT2D eigenvalue weighted by molar-refractivity contribution is 0.204. The molecule has 8 heteroatoms. The molecule has 0 saturated carbocycles. The minimum atomic E-state index is 0.303. The first-order valence-electron chi connectivity index (χ1n) is 8.01. The molecule has 130 valence electrons. The summed E-state index contributed by atoms with van der Waals surface area (Å²) in [6.07, 6.45) is 9.88. The van der Waals surface area contributed by atoms with Gasteiger partial charge < -0.3 is 18.6 Å². The summed E-state index contributed by atoms with van der Waals surface area (Å²) in [5.74, 6) is 1.36. The highest BCUT2D eigenvalue weighted by Crippen LogP contribution is 2.06. The molecule has 1 fully saturated rings. The van der Waals surface area contributed by atoms with E-state index in [1.54, 1.807) is 37.6 Å². The number of piperazine rings is 1. The van der Waals surface area contributed by atoms with Gasteiger partial charge in [0.15, 0.2) is 0 Å². The van der Waals surface area contributed by atoms with Crippen molar-refractivity contribution in [3.05, 3.63) is 48.3 Å². The minimum absolute atomic E-state index is 0.303. The second kappa shape index (κ2) is 8.62. The van der Waals surface area contributed by atoms with Crippen molar-refractivity contribution in [3.63, 3.8) is 0 Å². The van der Waals surface area contributed by atoms with Gasteiger partial charge in [-0.2, -0.15) is 10.2 Å². The Hall–Kier alpha value is -3.16. The van der Waals surface area contributed by atoms with E-state index in [2.05, 4.69) is 37.1 Å². The fourth-order valence-electron chi connectivity index (χ4n) is 2.39. The van der Waals surface area contributed by atoms with Gasteiger partial charge in [-0.1, -0.05) is 0 Å². The Balaban J connectivity index is 1.44. The molecule has 1 atom stereocenters. The number of furan rings is 2. The Bertz CT molecular complexity index is 733. The highest BCUT2D eigenvalue weighted by Gasteiger charge is 2.19. The van der Waals surface area contributed by atoms with Crippen LogP contribution >= 0.6 is 0 Å². The molecule has 0 bridgehead atoms. The average molecular weight is 340 g/mol. The molecular weight excluding hydrogens is 320 g/mol. The smallest absolute Gasteiger partial charge is 0.146 e. The van der Waals surface area contributed by atoms with Gasteiger partial charge in [-0.15, -0.1) is 10.2 Å². The molecule has 2 aromatic heterocycles. The van der Waals surface area contributed by atoms with Gasteiger partial charge in [-0.25, -0.2) is 0 Å². The first kappa shape index (κ1) is 16.7. The van der Waals surface area contributed by atoms with Crippen LogP contribution in [0.25, 0.3) is 0 Å². The van der Waals surface area contributed by atoms with E-state index in [0.717, 1.165) is 19.6 Å². The largest absolute Gasteiger partial charge is 0.463 e. The number of hydrogen-bond donors (Lipinski definition) is 0. The van der Waals surface area contributed by atoms with Crippen LogP contribution in [-0.2, 0) is 0 Å². The van der Waals surface area contributed by atoms with Gasteiger partial charge in [0.2, 0.25) is 0 Å². The predicted octanol–water partition coefficient (Wildman–Crippen LogP) is 2.30. The van der Waals surface area contributed by atoms with Crippen molar-refractivity contribution >= 4 is 25.1 Å². The van der Waals surface area contributed by atoms with Crippen LogP contribution in [0.15, 0.2) is 66.0 Å². The lowest BCUT2D eigenvalue weighted by Crippen LogP contribution is -2.50. The third-order valence-electron chi connectivity index (χ3n) is 3.71. The second-order valence-corrected chi connectivity index (χ2v) is 5.56.